The molecule has 2 heteroatoms. The number of likely N-dealkylation sites (tertiary alicyclic amines) is 2. The van der Waals surface area contributed by atoms with Gasteiger partial charge in [0.15, 0.2) is 0 Å². The van der Waals surface area contributed by atoms with E-state index in [0.717, 1.165) is 24.7 Å². The molecule has 23 heavy (non-hydrogen) atoms. The molecule has 1 aromatic rings. The van der Waals surface area contributed by atoms with Crippen LogP contribution in [0.15, 0.2) is 42.5 Å². The van der Waals surface area contributed by atoms with Crippen LogP contribution in [-0.2, 0) is 6.54 Å². The Bertz CT molecular complexity index is 524. The molecule has 4 rings (SSSR count). The summed E-state index contributed by atoms with van der Waals surface area (Å²) in [4.78, 5) is 5.62. The quantitative estimate of drug-likeness (QED) is 0.768. The number of hydrogen-bond acceptors (Lipinski definition) is 2. The van der Waals surface area contributed by atoms with E-state index < -0.39 is 0 Å². The summed E-state index contributed by atoms with van der Waals surface area (Å²) < 4.78 is 0. The van der Waals surface area contributed by atoms with E-state index in [1.54, 1.807) is 0 Å². The lowest BCUT2D eigenvalue weighted by Crippen LogP contribution is -2.49. The fraction of sp³-hybridized carbons (Fsp3) is 0.619. The molecule has 0 spiro atoms. The minimum Gasteiger partial charge on any atom is -0.295 e. The lowest BCUT2D eigenvalue weighted by Gasteiger charge is -2.39. The maximum Gasteiger partial charge on any atom is 0.0281 e. The number of hydrogen-bond donors (Lipinski definition) is 0. The van der Waals surface area contributed by atoms with Gasteiger partial charge in [-0.1, -0.05) is 42.5 Å². The van der Waals surface area contributed by atoms with Crippen LogP contribution < -0.4 is 0 Å². The van der Waals surface area contributed by atoms with Crippen molar-refractivity contribution in [1.29, 1.82) is 0 Å². The Kier molecular flexibility index (Phi) is 4.82. The molecule has 2 nitrogen and oxygen atoms in total. The molecule has 2 fully saturated rings. The highest BCUT2D eigenvalue weighted by molar-refractivity contribution is 5.15. The first-order valence-corrected chi connectivity index (χ1v) is 9.62. The average molecular weight is 310 g/mol. The molecule has 2 aliphatic heterocycles. The third-order valence-corrected chi connectivity index (χ3v) is 6.08. The zero-order chi connectivity index (χ0) is 15.5. The predicted octanol–water partition coefficient (Wildman–Crippen LogP) is 4.22. The molecule has 1 aliphatic carbocycles. The van der Waals surface area contributed by atoms with Crippen molar-refractivity contribution in [3.8, 4) is 0 Å². The summed E-state index contributed by atoms with van der Waals surface area (Å²) in [7, 11) is 0. The van der Waals surface area contributed by atoms with Crippen LogP contribution in [0.1, 0.15) is 50.5 Å². The van der Waals surface area contributed by atoms with E-state index in [0.29, 0.717) is 0 Å². The Morgan fingerprint density at radius 2 is 1.70 bits per heavy atom. The molecule has 1 aromatic carbocycles. The van der Waals surface area contributed by atoms with Crippen LogP contribution in [0.2, 0.25) is 0 Å². The van der Waals surface area contributed by atoms with Gasteiger partial charge in [0.05, 0.1) is 0 Å². The van der Waals surface area contributed by atoms with Crippen LogP contribution in [0.4, 0.5) is 0 Å². The van der Waals surface area contributed by atoms with Crippen LogP contribution in [0.5, 0.6) is 0 Å². The van der Waals surface area contributed by atoms with Gasteiger partial charge in [0, 0.05) is 24.7 Å². The minimum atomic E-state index is 0.718. The summed E-state index contributed by atoms with van der Waals surface area (Å²) in [5.74, 6) is 0. The second-order valence-electron chi connectivity index (χ2n) is 7.54. The highest BCUT2D eigenvalue weighted by Crippen LogP contribution is 2.34. The van der Waals surface area contributed by atoms with Gasteiger partial charge in [-0.05, 0) is 63.6 Å². The molecule has 2 saturated heterocycles. The fourth-order valence-electron chi connectivity index (χ4n) is 5.01. The highest BCUT2D eigenvalue weighted by atomic mass is 15.3. The summed E-state index contributed by atoms with van der Waals surface area (Å²) in [6.45, 7) is 3.73. The summed E-state index contributed by atoms with van der Waals surface area (Å²) in [5.41, 5.74) is 1.47. The van der Waals surface area contributed by atoms with Gasteiger partial charge in [-0.3, -0.25) is 9.80 Å². The zero-order valence-corrected chi connectivity index (χ0v) is 14.2. The van der Waals surface area contributed by atoms with E-state index in [-0.39, 0.29) is 0 Å². The molecule has 0 saturated carbocycles. The van der Waals surface area contributed by atoms with Gasteiger partial charge in [0.25, 0.3) is 0 Å². The van der Waals surface area contributed by atoms with Gasteiger partial charge >= 0.3 is 0 Å². The van der Waals surface area contributed by atoms with Gasteiger partial charge in [0.1, 0.15) is 0 Å². The SMILES string of the molecule is C1=CC(N2CCCC2C2CCCN2Cc2ccccc2)CCC1. The molecule has 3 aliphatic rings. The molecule has 0 N–H and O–H groups in total. The molecular weight excluding hydrogens is 280 g/mol. The summed E-state index contributed by atoms with van der Waals surface area (Å²) in [6, 6.07) is 13.3. The molecule has 3 atom stereocenters. The molecular formula is C21H30N2. The maximum absolute atomic E-state index is 2.85. The van der Waals surface area contributed by atoms with E-state index in [2.05, 4.69) is 52.3 Å². The van der Waals surface area contributed by atoms with Crippen molar-refractivity contribution in [1.82, 2.24) is 9.80 Å². The number of nitrogens with zero attached hydrogens (tertiary/aromatic N) is 2. The largest absolute Gasteiger partial charge is 0.295 e. The normalized spacial score (nSPS) is 32.6. The van der Waals surface area contributed by atoms with Crippen LogP contribution in [0, 0.1) is 0 Å². The fourth-order valence-corrected chi connectivity index (χ4v) is 5.01. The molecule has 0 radical (unpaired) electrons. The van der Waals surface area contributed by atoms with Gasteiger partial charge in [-0.15, -0.1) is 0 Å². The van der Waals surface area contributed by atoms with Crippen molar-refractivity contribution in [3.63, 3.8) is 0 Å². The summed E-state index contributed by atoms with van der Waals surface area (Å²) in [6.07, 6.45) is 14.5. The number of rotatable bonds is 4. The van der Waals surface area contributed by atoms with E-state index in [1.165, 1.54) is 63.6 Å². The van der Waals surface area contributed by atoms with Crippen LogP contribution in [0.3, 0.4) is 0 Å². The van der Waals surface area contributed by atoms with E-state index in [9.17, 15) is 0 Å². The van der Waals surface area contributed by atoms with Crippen molar-refractivity contribution in [2.45, 2.75) is 69.6 Å². The monoisotopic (exact) mass is 310 g/mol. The van der Waals surface area contributed by atoms with Gasteiger partial charge in [-0.25, -0.2) is 0 Å². The van der Waals surface area contributed by atoms with E-state index in [4.69, 9.17) is 0 Å². The molecule has 0 bridgehead atoms. The number of allylic oxidation sites excluding steroid dienone is 1. The zero-order valence-electron chi connectivity index (χ0n) is 14.2. The first kappa shape index (κ1) is 15.4. The third-order valence-electron chi connectivity index (χ3n) is 6.08. The van der Waals surface area contributed by atoms with Crippen LogP contribution in [0.25, 0.3) is 0 Å². The lowest BCUT2D eigenvalue weighted by atomic mass is 9.97. The maximum atomic E-state index is 2.85. The van der Waals surface area contributed by atoms with E-state index >= 15 is 0 Å². The molecule has 124 valence electrons. The van der Waals surface area contributed by atoms with Crippen molar-refractivity contribution in [2.24, 2.45) is 0 Å². The van der Waals surface area contributed by atoms with Crippen molar-refractivity contribution >= 4 is 0 Å². The minimum absolute atomic E-state index is 0.718. The molecule has 3 unspecified atom stereocenters. The van der Waals surface area contributed by atoms with Crippen LogP contribution >= 0.6 is 0 Å². The van der Waals surface area contributed by atoms with E-state index in [1.807, 2.05) is 0 Å². The Balaban J connectivity index is 1.46. The smallest absolute Gasteiger partial charge is 0.0281 e. The van der Waals surface area contributed by atoms with Crippen molar-refractivity contribution < 1.29 is 0 Å². The topological polar surface area (TPSA) is 6.48 Å². The molecule has 2 heterocycles. The highest BCUT2D eigenvalue weighted by Gasteiger charge is 2.39. The Morgan fingerprint density at radius 3 is 2.52 bits per heavy atom. The third kappa shape index (κ3) is 3.39. The Hall–Kier alpha value is -1.12. The molecule has 0 amide bonds. The molecule has 0 aromatic heterocycles. The Labute approximate surface area is 141 Å². The van der Waals surface area contributed by atoms with Gasteiger partial charge in [0.2, 0.25) is 0 Å². The van der Waals surface area contributed by atoms with Gasteiger partial charge < -0.3 is 0 Å². The first-order chi connectivity index (χ1) is 11.4. The van der Waals surface area contributed by atoms with Crippen molar-refractivity contribution in [2.75, 3.05) is 13.1 Å². The second-order valence-corrected chi connectivity index (χ2v) is 7.54. The first-order valence-electron chi connectivity index (χ1n) is 9.62. The summed E-state index contributed by atoms with van der Waals surface area (Å²) in [5, 5.41) is 0. The standard InChI is InChI=1S/C21H30N2/c1-3-9-18(10-4-1)17-22-15-7-13-20(22)21-14-8-16-23(21)19-11-5-2-6-12-19/h1,3-5,9-11,19-21H,2,6-8,12-17H2. The lowest BCUT2D eigenvalue weighted by molar-refractivity contribution is 0.105. The van der Waals surface area contributed by atoms with Crippen LogP contribution in [-0.4, -0.2) is 41.0 Å². The predicted molar refractivity (Wildman–Crippen MR) is 96.4 cm³/mol. The second kappa shape index (κ2) is 7.19. The van der Waals surface area contributed by atoms with Gasteiger partial charge in [-0.2, -0.15) is 0 Å². The summed E-state index contributed by atoms with van der Waals surface area (Å²) >= 11 is 0. The Morgan fingerprint density at radius 1 is 0.870 bits per heavy atom. The van der Waals surface area contributed by atoms with Crippen molar-refractivity contribution in [3.05, 3.63) is 48.0 Å². The number of benzene rings is 1. The average Bonchev–Trinajstić information content (AvgIpc) is 3.25.